The van der Waals surface area contributed by atoms with Crippen LogP contribution in [0, 0.1) is 24.0 Å². The highest BCUT2D eigenvalue weighted by molar-refractivity contribution is 8.11. The van der Waals surface area contributed by atoms with E-state index in [0.717, 1.165) is 37.6 Å². The van der Waals surface area contributed by atoms with E-state index in [9.17, 15) is 8.78 Å². The number of halogens is 2. The van der Waals surface area contributed by atoms with Gasteiger partial charge in [0.15, 0.2) is 5.82 Å². The van der Waals surface area contributed by atoms with Gasteiger partial charge in [0.1, 0.15) is 11.3 Å². The molecule has 3 aromatic rings. The van der Waals surface area contributed by atoms with Crippen molar-refractivity contribution in [3.63, 3.8) is 0 Å². The minimum absolute atomic E-state index is 0.0171. The van der Waals surface area contributed by atoms with Crippen molar-refractivity contribution in [3.05, 3.63) is 53.7 Å². The first-order valence-corrected chi connectivity index (χ1v) is 11.0. The number of rotatable bonds is 3. The van der Waals surface area contributed by atoms with Crippen molar-refractivity contribution in [1.82, 2.24) is 14.1 Å². The zero-order valence-corrected chi connectivity index (χ0v) is 16.8. The van der Waals surface area contributed by atoms with Gasteiger partial charge in [-0.25, -0.2) is 13.5 Å². The molecule has 7 heteroatoms. The van der Waals surface area contributed by atoms with Crippen molar-refractivity contribution in [3.8, 4) is 5.69 Å². The van der Waals surface area contributed by atoms with Crippen LogP contribution >= 0.6 is 10.7 Å². The second kappa shape index (κ2) is 6.12. The van der Waals surface area contributed by atoms with Crippen molar-refractivity contribution in [2.45, 2.75) is 6.92 Å². The van der Waals surface area contributed by atoms with Crippen LogP contribution in [0.25, 0.3) is 16.6 Å². The SMILES string of the molecule is C=S(C)N1CC2(CN(c3ccc(-n4ncc5cc(F)c(C)c(F)c54)cc3)C2)C1. The molecule has 0 bridgehead atoms. The molecular formula is C21H22F2N4S. The van der Waals surface area contributed by atoms with E-state index < -0.39 is 11.6 Å². The molecule has 0 radical (unpaired) electrons. The molecule has 28 heavy (non-hydrogen) atoms. The number of fused-ring (bicyclic) bond motifs is 1. The Morgan fingerprint density at radius 1 is 1.07 bits per heavy atom. The molecule has 2 fully saturated rings. The molecule has 4 nitrogen and oxygen atoms in total. The Morgan fingerprint density at radius 3 is 2.36 bits per heavy atom. The maximum Gasteiger partial charge on any atom is 0.155 e. The lowest BCUT2D eigenvalue weighted by Gasteiger charge is -2.61. The van der Waals surface area contributed by atoms with Crippen LogP contribution in [0.2, 0.25) is 0 Å². The van der Waals surface area contributed by atoms with Crippen molar-refractivity contribution in [1.29, 1.82) is 0 Å². The summed E-state index contributed by atoms with van der Waals surface area (Å²) in [5.74, 6) is 3.01. The summed E-state index contributed by atoms with van der Waals surface area (Å²) in [7, 11) is 0.120. The highest BCUT2D eigenvalue weighted by atomic mass is 32.2. The average Bonchev–Trinajstić information content (AvgIpc) is 3.01. The van der Waals surface area contributed by atoms with Gasteiger partial charge in [-0.2, -0.15) is 5.10 Å². The van der Waals surface area contributed by atoms with Gasteiger partial charge in [-0.3, -0.25) is 4.31 Å². The first-order chi connectivity index (χ1) is 13.4. The van der Waals surface area contributed by atoms with Crippen LogP contribution in [0.5, 0.6) is 0 Å². The zero-order valence-electron chi connectivity index (χ0n) is 16.0. The second-order valence-corrected chi connectivity index (χ2v) is 9.78. The van der Waals surface area contributed by atoms with Crippen LogP contribution in [-0.4, -0.2) is 52.4 Å². The van der Waals surface area contributed by atoms with E-state index in [1.54, 1.807) is 4.68 Å². The number of benzene rings is 2. The molecule has 0 amide bonds. The van der Waals surface area contributed by atoms with Crippen molar-refractivity contribution in [2.75, 3.05) is 37.3 Å². The predicted octanol–water partition coefficient (Wildman–Crippen LogP) is 3.98. The van der Waals surface area contributed by atoms with E-state index in [1.807, 2.05) is 24.3 Å². The summed E-state index contributed by atoms with van der Waals surface area (Å²) in [6.07, 6.45) is 3.67. The summed E-state index contributed by atoms with van der Waals surface area (Å²) in [5.41, 5.74) is 2.69. The number of anilines is 1. The molecule has 146 valence electrons. The highest BCUT2D eigenvalue weighted by Gasteiger charge is 2.51. The third kappa shape index (κ3) is 2.60. The molecule has 2 aromatic carbocycles. The number of aromatic nitrogens is 2. The first-order valence-electron chi connectivity index (χ1n) is 9.25. The fraction of sp³-hybridized carbons (Fsp3) is 0.333. The first kappa shape index (κ1) is 17.8. The van der Waals surface area contributed by atoms with E-state index in [1.165, 1.54) is 19.2 Å². The molecule has 1 unspecified atom stereocenters. The van der Waals surface area contributed by atoms with E-state index in [-0.39, 0.29) is 16.2 Å². The van der Waals surface area contributed by atoms with Gasteiger partial charge in [0.2, 0.25) is 0 Å². The number of nitrogens with zero attached hydrogens (tertiary/aromatic N) is 4. The Hall–Kier alpha value is -2.25. The lowest BCUT2D eigenvalue weighted by Crippen LogP contribution is -2.71. The number of hydrogen-bond donors (Lipinski definition) is 0. The van der Waals surface area contributed by atoms with Crippen LogP contribution < -0.4 is 4.90 Å². The summed E-state index contributed by atoms with van der Waals surface area (Å²) in [4.78, 5) is 2.37. The minimum atomic E-state index is -0.559. The number of hydrogen-bond acceptors (Lipinski definition) is 3. The molecule has 1 atom stereocenters. The summed E-state index contributed by atoms with van der Waals surface area (Å²) in [6.45, 7) is 5.86. The van der Waals surface area contributed by atoms with Gasteiger partial charge >= 0.3 is 0 Å². The Labute approximate surface area is 165 Å². The Balaban J connectivity index is 1.36. The van der Waals surface area contributed by atoms with Crippen LogP contribution in [0.15, 0.2) is 36.5 Å². The summed E-state index contributed by atoms with van der Waals surface area (Å²) in [6, 6.07) is 9.31. The Kier molecular flexibility index (Phi) is 3.90. The molecule has 0 aliphatic carbocycles. The van der Waals surface area contributed by atoms with Crippen LogP contribution in [0.1, 0.15) is 5.56 Å². The summed E-state index contributed by atoms with van der Waals surface area (Å²) < 4.78 is 32.4. The monoisotopic (exact) mass is 400 g/mol. The van der Waals surface area contributed by atoms with E-state index in [0.29, 0.717) is 16.3 Å². The largest absolute Gasteiger partial charge is 0.370 e. The molecule has 5 rings (SSSR count). The maximum atomic E-state index is 14.6. The average molecular weight is 400 g/mol. The van der Waals surface area contributed by atoms with Crippen molar-refractivity contribution < 1.29 is 8.78 Å². The highest BCUT2D eigenvalue weighted by Crippen LogP contribution is 2.45. The van der Waals surface area contributed by atoms with E-state index in [4.69, 9.17) is 0 Å². The standard InChI is InChI=1S/C21H22F2N4S/c1-14-18(22)8-15-9-24-27(20(15)19(14)23)17-6-4-16(5-7-17)25-10-21(11-25)12-26(13-21)28(2)3/h4-9H,2,10-13H2,1,3H3. The third-order valence-corrected chi connectivity index (χ3v) is 7.09. The fourth-order valence-electron chi connectivity index (χ4n) is 4.28. The normalized spacial score (nSPS) is 19.6. The van der Waals surface area contributed by atoms with Gasteiger partial charge in [-0.05, 0) is 43.5 Å². The van der Waals surface area contributed by atoms with E-state index in [2.05, 4.69) is 26.4 Å². The molecule has 1 spiro atoms. The van der Waals surface area contributed by atoms with Crippen molar-refractivity contribution in [2.24, 2.45) is 5.41 Å². The van der Waals surface area contributed by atoms with E-state index >= 15 is 0 Å². The Morgan fingerprint density at radius 2 is 1.71 bits per heavy atom. The van der Waals surface area contributed by atoms with Gasteiger partial charge in [0, 0.05) is 48.2 Å². The minimum Gasteiger partial charge on any atom is -0.370 e. The van der Waals surface area contributed by atoms with Gasteiger partial charge in [-0.15, -0.1) is 10.7 Å². The molecule has 3 heterocycles. The Bertz CT molecular complexity index is 1090. The van der Waals surface area contributed by atoms with Gasteiger partial charge in [-0.1, -0.05) is 5.87 Å². The van der Waals surface area contributed by atoms with Gasteiger partial charge in [0.05, 0.1) is 11.9 Å². The quantitative estimate of drug-likeness (QED) is 0.622. The lowest BCUT2D eigenvalue weighted by molar-refractivity contribution is 0.0476. The van der Waals surface area contributed by atoms with Gasteiger partial charge in [0.25, 0.3) is 0 Å². The van der Waals surface area contributed by atoms with Crippen LogP contribution in [-0.2, 0) is 0 Å². The van der Waals surface area contributed by atoms with Crippen molar-refractivity contribution >= 4 is 33.1 Å². The van der Waals surface area contributed by atoms with Crippen LogP contribution in [0.4, 0.5) is 14.5 Å². The second-order valence-electron chi connectivity index (χ2n) is 8.06. The molecular weight excluding hydrogens is 378 g/mol. The van der Waals surface area contributed by atoms with Crippen LogP contribution in [0.3, 0.4) is 0 Å². The summed E-state index contributed by atoms with van der Waals surface area (Å²) in [5, 5.41) is 4.74. The molecule has 1 aromatic heterocycles. The zero-order chi connectivity index (χ0) is 19.6. The maximum absolute atomic E-state index is 14.6. The third-order valence-electron chi connectivity index (χ3n) is 5.95. The fourth-order valence-corrected chi connectivity index (χ4v) is 5.27. The molecule has 0 saturated carbocycles. The summed E-state index contributed by atoms with van der Waals surface area (Å²) >= 11 is 0. The predicted molar refractivity (Wildman–Crippen MR) is 113 cm³/mol. The molecule has 2 aliphatic heterocycles. The lowest BCUT2D eigenvalue weighted by atomic mass is 9.74. The topological polar surface area (TPSA) is 24.3 Å². The molecule has 2 aliphatic rings. The van der Waals surface area contributed by atoms with Gasteiger partial charge < -0.3 is 4.90 Å². The molecule has 0 N–H and O–H groups in total. The smallest absolute Gasteiger partial charge is 0.155 e. The molecule has 2 saturated heterocycles.